The van der Waals surface area contributed by atoms with Crippen molar-refractivity contribution in [1.29, 1.82) is 0 Å². The maximum Gasteiger partial charge on any atom is 0 e. The first-order valence-electron chi connectivity index (χ1n) is 6.26. The first kappa shape index (κ1) is 34.3. The number of hydrogen-bond acceptors (Lipinski definition) is 0. The fraction of sp³-hybridized carbons (Fsp3) is 0.222. The van der Waals surface area contributed by atoms with Gasteiger partial charge in [-0.2, -0.15) is 23.6 Å². The fourth-order valence-corrected chi connectivity index (χ4v) is 1.70. The molecule has 0 amide bonds. The van der Waals surface area contributed by atoms with E-state index in [9.17, 15) is 0 Å². The van der Waals surface area contributed by atoms with Crippen LogP contribution in [0.15, 0.2) is 24.3 Å². The van der Waals surface area contributed by atoms with Crippen LogP contribution in [-0.2, 0) is 115 Å². The molecule has 2 aromatic rings. The van der Waals surface area contributed by atoms with Crippen LogP contribution < -0.4 is 0 Å². The molecular weight excluding hydrogens is 749 g/mol. The van der Waals surface area contributed by atoms with Crippen LogP contribution in [0.25, 0.3) is 0 Å². The summed E-state index contributed by atoms with van der Waals surface area (Å²) in [5, 5.41) is 0. The standard InChI is InChI=1S/C10H13.C8H7.2ClH.Pt.3Y/c1-7-5-8(2)10(4)9(3)6-7;1-7-3-5-8(2)6-4-7;;;;;;/h5-6H,4H2,1-3H3;5-6H,1H2,2H3;2*1H;;;;/q-1;-3;;;+4;;;/p-2. The fourth-order valence-electron chi connectivity index (χ4n) is 1.70. The summed E-state index contributed by atoms with van der Waals surface area (Å²) in [7, 11) is 9.75. The Kier molecular flexibility index (Phi) is 29.3. The maximum absolute atomic E-state index is 4.88. The van der Waals surface area contributed by atoms with Crippen molar-refractivity contribution >= 4 is 18.8 Å². The van der Waals surface area contributed by atoms with Gasteiger partial charge in [0.2, 0.25) is 0 Å². The zero-order valence-electron chi connectivity index (χ0n) is 14.5. The molecule has 3 radical (unpaired) electrons. The molecule has 127 valence electrons. The Morgan fingerprint density at radius 3 is 1.42 bits per heavy atom. The molecule has 0 nitrogen and oxygen atoms in total. The van der Waals surface area contributed by atoms with Gasteiger partial charge in [-0.05, 0) is 13.8 Å². The summed E-state index contributed by atoms with van der Waals surface area (Å²) in [6.07, 6.45) is 0. The van der Waals surface area contributed by atoms with Gasteiger partial charge in [0.1, 0.15) is 0 Å². The maximum atomic E-state index is 4.88. The minimum absolute atomic E-state index is 0. The van der Waals surface area contributed by atoms with Gasteiger partial charge in [-0.15, -0.1) is 17.7 Å². The van der Waals surface area contributed by atoms with E-state index >= 15 is 0 Å². The number of benzene rings is 2. The summed E-state index contributed by atoms with van der Waals surface area (Å²) < 4.78 is 0. The van der Waals surface area contributed by atoms with Crippen molar-refractivity contribution in [3.63, 3.8) is 0 Å². The minimum atomic E-state index is -0.472. The van der Waals surface area contributed by atoms with Crippen LogP contribution in [0.4, 0.5) is 0 Å². The van der Waals surface area contributed by atoms with Crippen molar-refractivity contribution in [1.82, 2.24) is 0 Å². The summed E-state index contributed by atoms with van der Waals surface area (Å²) in [6, 6.07) is 14.0. The van der Waals surface area contributed by atoms with E-state index in [1.165, 1.54) is 27.8 Å². The molecule has 0 heterocycles. The minimum Gasteiger partial charge on any atom is 0 e. The zero-order chi connectivity index (χ0) is 16.4. The van der Waals surface area contributed by atoms with Crippen LogP contribution in [0, 0.1) is 53.7 Å². The summed E-state index contributed by atoms with van der Waals surface area (Å²) in [6.45, 7) is 15.9. The van der Waals surface area contributed by atoms with Crippen molar-refractivity contribution < 1.29 is 115 Å². The van der Waals surface area contributed by atoms with E-state index in [0.29, 0.717) is 0 Å². The SMILES string of the molecule is [CH2-]c1[c-]cc(C)c[c-]1.[CH2-]c1c(C)cc(C)cc1C.[Cl][Pt+2][Cl].[Y].[Y].[Y]. The van der Waals surface area contributed by atoms with E-state index in [-0.39, 0.29) is 98.1 Å². The Balaban J connectivity index is -0.000000131. The van der Waals surface area contributed by atoms with Gasteiger partial charge in [0, 0.05) is 98.1 Å². The molecule has 0 unspecified atom stereocenters. The second-order valence-electron chi connectivity index (χ2n) is 4.72. The Morgan fingerprint density at radius 2 is 1.12 bits per heavy atom. The third-order valence-electron chi connectivity index (χ3n) is 2.79. The molecule has 0 spiro atoms. The molecule has 0 saturated carbocycles. The zero-order valence-corrected chi connectivity index (χ0v) is 26.8. The van der Waals surface area contributed by atoms with Crippen molar-refractivity contribution in [3.05, 3.63) is 83.6 Å². The molecule has 6 heteroatoms. The number of rotatable bonds is 0. The molecule has 0 N–H and O–H groups in total. The third kappa shape index (κ3) is 16.9. The third-order valence-corrected chi connectivity index (χ3v) is 2.79. The Hall–Kier alpha value is 2.76. The Bertz CT molecular complexity index is 502. The van der Waals surface area contributed by atoms with Crippen LogP contribution in [0.3, 0.4) is 0 Å². The molecule has 2 rings (SSSR count). The van der Waals surface area contributed by atoms with Crippen LogP contribution in [0.2, 0.25) is 0 Å². The summed E-state index contributed by atoms with van der Waals surface area (Å²) in [5.74, 6) is 0. The monoisotopic (exact) mass is 768 g/mol. The van der Waals surface area contributed by atoms with Crippen molar-refractivity contribution in [2.75, 3.05) is 0 Å². The molecule has 0 aliphatic rings. The van der Waals surface area contributed by atoms with E-state index in [2.05, 4.69) is 58.9 Å². The molecule has 0 bridgehead atoms. The van der Waals surface area contributed by atoms with Gasteiger partial charge < -0.3 is 24.6 Å². The van der Waals surface area contributed by atoms with E-state index in [0.717, 1.165) is 5.56 Å². The molecule has 0 aliphatic heterocycles. The van der Waals surface area contributed by atoms with Gasteiger partial charge >= 0.3 is 35.3 Å². The van der Waals surface area contributed by atoms with Crippen LogP contribution >= 0.6 is 18.8 Å². The van der Waals surface area contributed by atoms with E-state index in [1.807, 2.05) is 19.1 Å². The topological polar surface area (TPSA) is 0 Å². The van der Waals surface area contributed by atoms with Gasteiger partial charge in [-0.25, -0.2) is 12.1 Å². The average Bonchev–Trinajstić information content (AvgIpc) is 2.41. The van der Waals surface area contributed by atoms with Crippen LogP contribution in [0.1, 0.15) is 33.4 Å². The molecule has 0 fully saturated rings. The van der Waals surface area contributed by atoms with Crippen molar-refractivity contribution in [2.45, 2.75) is 27.7 Å². The molecular formula is C18H20Cl2PtY3-2. The van der Waals surface area contributed by atoms with Gasteiger partial charge in [-0.1, -0.05) is 19.4 Å². The smallest absolute Gasteiger partial charge is 0 e. The molecule has 0 saturated heterocycles. The van der Waals surface area contributed by atoms with Crippen LogP contribution in [-0.4, -0.2) is 0 Å². The normalized spacial score (nSPS) is 8.08. The summed E-state index contributed by atoms with van der Waals surface area (Å²) in [5.41, 5.74) is 7.08. The first-order chi connectivity index (χ1) is 9.81. The second kappa shape index (κ2) is 20.5. The largest absolute Gasteiger partial charge is 0 e. The van der Waals surface area contributed by atoms with Gasteiger partial charge in [0.05, 0.1) is 0 Å². The molecule has 24 heavy (non-hydrogen) atoms. The number of hydrogen-bond donors (Lipinski definition) is 0. The summed E-state index contributed by atoms with van der Waals surface area (Å²) in [4.78, 5) is 0. The van der Waals surface area contributed by atoms with Crippen molar-refractivity contribution in [2.24, 2.45) is 0 Å². The van der Waals surface area contributed by atoms with Gasteiger partial charge in [-0.3, -0.25) is 0 Å². The van der Waals surface area contributed by atoms with Gasteiger partial charge in [0.15, 0.2) is 0 Å². The van der Waals surface area contributed by atoms with E-state index < -0.39 is 16.5 Å². The molecule has 0 atom stereocenters. The Labute approximate surface area is 240 Å². The molecule has 0 aliphatic carbocycles. The predicted molar refractivity (Wildman–Crippen MR) is 90.1 cm³/mol. The van der Waals surface area contributed by atoms with E-state index in [1.54, 1.807) is 0 Å². The summed E-state index contributed by atoms with van der Waals surface area (Å²) >= 11 is -0.472. The second-order valence-corrected chi connectivity index (χ2v) is 8.01. The quantitative estimate of drug-likeness (QED) is 0.292. The first-order valence-corrected chi connectivity index (χ1v) is 11.9. The number of aryl methyl sites for hydroxylation is 4. The average molecular weight is 769 g/mol. The Morgan fingerprint density at radius 1 is 0.792 bits per heavy atom. The molecule has 2 aromatic carbocycles. The van der Waals surface area contributed by atoms with Gasteiger partial charge in [0.25, 0.3) is 0 Å². The number of halogens is 2. The van der Waals surface area contributed by atoms with E-state index in [4.69, 9.17) is 18.8 Å². The van der Waals surface area contributed by atoms with Crippen LogP contribution in [0.5, 0.6) is 0 Å². The predicted octanol–water partition coefficient (Wildman–Crippen LogP) is 5.94. The molecule has 0 aromatic heterocycles. The van der Waals surface area contributed by atoms with Crippen molar-refractivity contribution in [3.8, 4) is 0 Å².